The number of nitrogens with zero attached hydrogens (tertiary/aromatic N) is 2. The van der Waals surface area contributed by atoms with Gasteiger partial charge in [0.1, 0.15) is 5.66 Å². The third kappa shape index (κ3) is 9.20. The lowest BCUT2D eigenvalue weighted by Crippen LogP contribution is -2.50. The minimum atomic E-state index is -0.966. The third-order valence-electron chi connectivity index (χ3n) is 8.66. The van der Waals surface area contributed by atoms with E-state index in [4.69, 9.17) is 33.3 Å². The molecule has 0 aromatic heterocycles. The van der Waals surface area contributed by atoms with Gasteiger partial charge in [0, 0.05) is 27.9 Å². The minimum Gasteiger partial charge on any atom is -0.481 e. The van der Waals surface area contributed by atoms with Gasteiger partial charge in [-0.15, -0.1) is 0 Å². The number of hydrogen-bond donors (Lipinski definition) is 2. The molecule has 0 bridgehead atoms. The van der Waals surface area contributed by atoms with Gasteiger partial charge in [0.25, 0.3) is 5.91 Å². The van der Waals surface area contributed by atoms with E-state index in [1.54, 1.807) is 18.2 Å². The number of amides is 2. The number of carboxylic acid groups (broad SMARTS) is 1. The maximum atomic E-state index is 13.1. The summed E-state index contributed by atoms with van der Waals surface area (Å²) in [4.78, 5) is 43.8. The molecule has 1 fully saturated rings. The predicted octanol–water partition coefficient (Wildman–Crippen LogP) is 8.97. The number of aliphatic imine (C=N–C) groups is 1. The molecule has 0 heterocycles. The molecule has 1 saturated carbocycles. The molecule has 2 N–H and O–H groups in total. The monoisotopic (exact) mass is 663 g/mol. The molecule has 1 aliphatic carbocycles. The first-order valence-electron chi connectivity index (χ1n) is 16.0. The maximum Gasteiger partial charge on any atom is 0.305 e. The Morgan fingerprint density at radius 3 is 2.09 bits per heavy atom. The Kier molecular flexibility index (Phi) is 12.4. The number of benzene rings is 3. The highest BCUT2D eigenvalue weighted by Gasteiger charge is 2.41. The summed E-state index contributed by atoms with van der Waals surface area (Å²) in [6.45, 7) is 6.41. The Balaban J connectivity index is 1.65. The van der Waals surface area contributed by atoms with E-state index in [1.807, 2.05) is 60.4 Å². The van der Waals surface area contributed by atoms with Crippen LogP contribution in [0, 0.1) is 5.92 Å². The number of carbonyl (C=O) groups excluding carboxylic acids is 2. The minimum absolute atomic E-state index is 0.0589. The average molecular weight is 665 g/mol. The molecule has 9 heteroatoms. The van der Waals surface area contributed by atoms with Crippen LogP contribution in [-0.4, -0.2) is 46.2 Å². The third-order valence-corrected chi connectivity index (χ3v) is 9.09. The summed E-state index contributed by atoms with van der Waals surface area (Å²) in [5.41, 5.74) is 4.46. The highest BCUT2D eigenvalue weighted by molar-refractivity contribution is 6.35. The Morgan fingerprint density at radius 2 is 1.52 bits per heavy atom. The Bertz CT molecular complexity index is 1510. The molecular formula is C37H43Cl2N3O4. The molecule has 4 rings (SSSR count). The molecule has 0 aliphatic heterocycles. The molecule has 3 aromatic rings. The van der Waals surface area contributed by atoms with E-state index in [9.17, 15) is 14.4 Å². The van der Waals surface area contributed by atoms with Gasteiger partial charge in [-0.2, -0.15) is 0 Å². The molecule has 2 amide bonds. The van der Waals surface area contributed by atoms with Gasteiger partial charge in [-0.1, -0.05) is 79.9 Å². The number of rotatable bonds is 14. The van der Waals surface area contributed by atoms with E-state index in [0.717, 1.165) is 79.3 Å². The Morgan fingerprint density at radius 1 is 0.913 bits per heavy atom. The van der Waals surface area contributed by atoms with E-state index in [1.165, 1.54) is 0 Å². The topological polar surface area (TPSA) is 99.1 Å². The van der Waals surface area contributed by atoms with Crippen molar-refractivity contribution in [2.45, 2.75) is 83.8 Å². The van der Waals surface area contributed by atoms with Crippen LogP contribution in [0.1, 0.15) is 99.7 Å². The second kappa shape index (κ2) is 16.2. The SMILES string of the molecule is C/C(=N\C1(N(C=O)C(CCC(C)C)c2ccc(C(=O)NCCC(=O)O)cc2)CCCCC1)c1ccc(-c2cc(Cl)cc(Cl)c2)cc1. The van der Waals surface area contributed by atoms with Crippen LogP contribution in [0.3, 0.4) is 0 Å². The van der Waals surface area contributed by atoms with Crippen LogP contribution in [0.15, 0.2) is 71.7 Å². The van der Waals surface area contributed by atoms with E-state index in [2.05, 4.69) is 19.2 Å². The molecule has 7 nitrogen and oxygen atoms in total. The number of halogens is 2. The van der Waals surface area contributed by atoms with Crippen molar-refractivity contribution < 1.29 is 19.5 Å². The first-order valence-corrected chi connectivity index (χ1v) is 16.7. The van der Waals surface area contributed by atoms with Crippen molar-refractivity contribution in [2.24, 2.45) is 10.9 Å². The Hall–Kier alpha value is -3.68. The van der Waals surface area contributed by atoms with E-state index < -0.39 is 11.6 Å². The number of carbonyl (C=O) groups is 3. The molecule has 1 atom stereocenters. The predicted molar refractivity (Wildman–Crippen MR) is 186 cm³/mol. The highest BCUT2D eigenvalue weighted by Crippen LogP contribution is 2.42. The van der Waals surface area contributed by atoms with Gasteiger partial charge >= 0.3 is 5.97 Å². The van der Waals surface area contributed by atoms with Gasteiger partial charge in [0.2, 0.25) is 6.41 Å². The van der Waals surface area contributed by atoms with Crippen LogP contribution in [0.4, 0.5) is 0 Å². The molecule has 244 valence electrons. The Labute approximate surface area is 282 Å². The van der Waals surface area contributed by atoms with Gasteiger partial charge in [-0.25, -0.2) is 0 Å². The van der Waals surface area contributed by atoms with Crippen LogP contribution in [-0.2, 0) is 9.59 Å². The number of nitrogens with one attached hydrogen (secondary N) is 1. The summed E-state index contributed by atoms with van der Waals surface area (Å²) in [6, 6.07) is 20.7. The number of carboxylic acids is 1. The zero-order valence-electron chi connectivity index (χ0n) is 26.8. The lowest BCUT2D eigenvalue weighted by atomic mass is 9.84. The van der Waals surface area contributed by atoms with Gasteiger partial charge in [-0.05, 0) is 104 Å². The lowest BCUT2D eigenvalue weighted by molar-refractivity contribution is -0.136. The van der Waals surface area contributed by atoms with Crippen molar-refractivity contribution in [3.8, 4) is 11.1 Å². The van der Waals surface area contributed by atoms with Crippen molar-refractivity contribution in [1.29, 1.82) is 0 Å². The fourth-order valence-electron chi connectivity index (χ4n) is 6.21. The van der Waals surface area contributed by atoms with Gasteiger partial charge in [0.05, 0.1) is 12.5 Å². The smallest absolute Gasteiger partial charge is 0.305 e. The van der Waals surface area contributed by atoms with Gasteiger partial charge in [0.15, 0.2) is 0 Å². The summed E-state index contributed by atoms with van der Waals surface area (Å²) >= 11 is 12.5. The van der Waals surface area contributed by atoms with Crippen molar-refractivity contribution >= 4 is 47.2 Å². The van der Waals surface area contributed by atoms with Crippen molar-refractivity contribution in [1.82, 2.24) is 10.2 Å². The fourth-order valence-corrected chi connectivity index (χ4v) is 6.73. The highest BCUT2D eigenvalue weighted by atomic mass is 35.5. The van der Waals surface area contributed by atoms with Crippen LogP contribution >= 0.6 is 23.2 Å². The normalized spacial score (nSPS) is 15.3. The quantitative estimate of drug-likeness (QED) is 0.133. The zero-order chi connectivity index (χ0) is 33.3. The first-order chi connectivity index (χ1) is 22.0. The van der Waals surface area contributed by atoms with Crippen molar-refractivity contribution in [3.05, 3.63) is 93.5 Å². The summed E-state index contributed by atoms with van der Waals surface area (Å²) in [5.74, 6) is -0.852. The molecule has 0 radical (unpaired) electrons. The van der Waals surface area contributed by atoms with Crippen LogP contribution in [0.2, 0.25) is 10.0 Å². The largest absolute Gasteiger partial charge is 0.481 e. The van der Waals surface area contributed by atoms with Crippen LogP contribution in [0.25, 0.3) is 11.1 Å². The molecule has 0 saturated heterocycles. The summed E-state index contributed by atoms with van der Waals surface area (Å²) in [5, 5.41) is 12.7. The lowest BCUT2D eigenvalue weighted by Gasteiger charge is -2.46. The van der Waals surface area contributed by atoms with E-state index in [0.29, 0.717) is 21.5 Å². The van der Waals surface area contributed by atoms with E-state index in [-0.39, 0.29) is 24.9 Å². The fraction of sp³-hybridized carbons (Fsp3) is 0.405. The molecule has 0 spiro atoms. The molecule has 1 aliphatic rings. The molecule has 3 aromatic carbocycles. The second-order valence-electron chi connectivity index (χ2n) is 12.5. The first kappa shape index (κ1) is 35.2. The second-order valence-corrected chi connectivity index (χ2v) is 13.4. The van der Waals surface area contributed by atoms with Crippen molar-refractivity contribution in [2.75, 3.05) is 6.54 Å². The standard InChI is InChI=1S/C37H43Cl2N3O4/c1-25(2)7-16-34(29-12-14-30(15-13-29)36(46)40-20-17-35(44)45)42(24-43)37(18-5-4-6-19-37)41-26(3)27-8-10-28(11-9-27)31-21-32(38)23-33(39)22-31/h8-15,21-25,34H,4-7,16-20H2,1-3H3,(H,40,46)(H,44,45)/b41-26+. The van der Waals surface area contributed by atoms with E-state index >= 15 is 0 Å². The van der Waals surface area contributed by atoms with Crippen LogP contribution < -0.4 is 5.32 Å². The summed E-state index contributed by atoms with van der Waals surface area (Å²) in [6.07, 6.45) is 7.08. The summed E-state index contributed by atoms with van der Waals surface area (Å²) < 4.78 is 0. The summed E-state index contributed by atoms with van der Waals surface area (Å²) in [7, 11) is 0. The number of aliphatic carboxylic acids is 1. The molecule has 1 unspecified atom stereocenters. The number of hydrogen-bond acceptors (Lipinski definition) is 4. The average Bonchev–Trinajstić information content (AvgIpc) is 3.02. The molecule has 46 heavy (non-hydrogen) atoms. The van der Waals surface area contributed by atoms with Crippen LogP contribution in [0.5, 0.6) is 0 Å². The van der Waals surface area contributed by atoms with Crippen molar-refractivity contribution in [3.63, 3.8) is 0 Å². The zero-order valence-corrected chi connectivity index (χ0v) is 28.3. The maximum absolute atomic E-state index is 13.1. The molecular weight excluding hydrogens is 621 g/mol. The van der Waals surface area contributed by atoms with Gasteiger partial charge in [-0.3, -0.25) is 19.4 Å². The van der Waals surface area contributed by atoms with Gasteiger partial charge < -0.3 is 15.3 Å².